The van der Waals surface area contributed by atoms with Gasteiger partial charge in [0.25, 0.3) is 0 Å². The molecule has 0 amide bonds. The van der Waals surface area contributed by atoms with Gasteiger partial charge in [0.1, 0.15) is 34.6 Å². The number of carbonyl (C=O) groups is 6. The normalized spacial score (nSPS) is 35.6. The van der Waals surface area contributed by atoms with Crippen LogP contribution in [-0.2, 0) is 84.0 Å². The molecule has 0 bridgehead atoms. The lowest BCUT2D eigenvalue weighted by Crippen LogP contribution is -2.59. The highest BCUT2D eigenvalue weighted by atomic mass is 32.3. The third-order valence-corrected chi connectivity index (χ3v) is 28.9. The molecular formula is C78H94O19S3. The number of Topliss-reactive ketones (excluding diaryl/α,β-unsaturated/α-hetero) is 4. The van der Waals surface area contributed by atoms with Crippen LogP contribution in [0.1, 0.15) is 229 Å². The zero-order valence-electron chi connectivity index (χ0n) is 58.4. The number of rotatable bonds is 8. The summed E-state index contributed by atoms with van der Waals surface area (Å²) >= 11 is 0. The van der Waals surface area contributed by atoms with Gasteiger partial charge in [-0.2, -0.15) is 25.3 Å². The topological polar surface area (TPSA) is 302 Å². The Morgan fingerprint density at radius 2 is 1.07 bits per heavy atom. The molecule has 8 saturated carbocycles. The monoisotopic (exact) mass is 1430 g/mol. The summed E-state index contributed by atoms with van der Waals surface area (Å²) in [6, 6.07) is 19.4. The van der Waals surface area contributed by atoms with Crippen LogP contribution in [0.4, 0.5) is 0 Å². The van der Waals surface area contributed by atoms with Gasteiger partial charge in [-0.25, -0.2) is 0 Å². The molecule has 0 unspecified atom stereocenters. The maximum atomic E-state index is 12.8. The maximum Gasteiger partial charge on any atom is 0.446 e. The highest BCUT2D eigenvalue weighted by Crippen LogP contribution is 2.70. The predicted molar refractivity (Wildman–Crippen MR) is 372 cm³/mol. The van der Waals surface area contributed by atoms with Gasteiger partial charge in [-0.1, -0.05) is 89.1 Å². The van der Waals surface area contributed by atoms with Crippen molar-refractivity contribution in [1.29, 1.82) is 0 Å². The molecule has 0 heterocycles. The molecule has 4 aromatic carbocycles. The van der Waals surface area contributed by atoms with Crippen molar-refractivity contribution in [2.75, 3.05) is 0 Å². The van der Waals surface area contributed by atoms with Gasteiger partial charge in [0, 0.05) is 60.2 Å². The number of aryl methyl sites for hydroxylation is 2. The van der Waals surface area contributed by atoms with Gasteiger partial charge in [-0.05, 0) is 268 Å². The van der Waals surface area contributed by atoms with Gasteiger partial charge in [0.2, 0.25) is 0 Å². The SMILES string of the molecule is CC(=O)O[C@]1(C(C)=O)CC[C@H]2[C@@H]3C[C@H](C)C4=CC(=O)CC[C@]4(C)[C@H]3CC[C@@]21C.C[C@]12CC[C@@H]3c4ccc(OS(=O)(=O)O)cc4CC[C@H]3[C@@H]1CCC2=O.C[C@]12CC[C@H]3C(=CCc4cc(OS(=O)(=O)O)ccc43)[C@@H]1CCC2=O.C[C@]12CCc3c(ccc4cc(OS(=O)(=O)O)ccc34)[C@@H]1CCC2=O. The van der Waals surface area contributed by atoms with E-state index in [9.17, 15) is 54.0 Å². The Hall–Kier alpha value is -6.43. The highest BCUT2D eigenvalue weighted by Gasteiger charge is 2.68. The molecule has 0 aromatic heterocycles. The molecule has 8 fully saturated rings. The van der Waals surface area contributed by atoms with Crippen LogP contribution in [0, 0.1) is 68.5 Å². The molecule has 0 saturated heterocycles. The average molecular weight is 1430 g/mol. The minimum Gasteiger partial charge on any atom is -0.451 e. The molecule has 22 heteroatoms. The molecule has 0 spiro atoms. The summed E-state index contributed by atoms with van der Waals surface area (Å²) in [7, 11) is -13.5. The first-order valence-electron chi connectivity index (χ1n) is 36.0. The molecule has 538 valence electrons. The fourth-order valence-corrected chi connectivity index (χ4v) is 23.9. The minimum atomic E-state index is -4.53. The van der Waals surface area contributed by atoms with Crippen LogP contribution >= 0.6 is 0 Å². The summed E-state index contributed by atoms with van der Waals surface area (Å²) in [5.41, 5.74) is 8.08. The second-order valence-electron chi connectivity index (χ2n) is 32.4. The largest absolute Gasteiger partial charge is 0.451 e. The number of fused-ring (bicyclic) bond motifs is 20. The lowest BCUT2D eigenvalue weighted by Gasteiger charge is -2.60. The Morgan fingerprint density at radius 3 is 1.73 bits per heavy atom. The molecule has 4 aromatic rings. The summed E-state index contributed by atoms with van der Waals surface area (Å²) in [5.74, 6) is 5.77. The van der Waals surface area contributed by atoms with Crippen LogP contribution in [0.25, 0.3) is 10.8 Å². The number of allylic oxidation sites excluding steroid dienone is 3. The van der Waals surface area contributed by atoms with Gasteiger partial charge in [-0.15, -0.1) is 0 Å². The molecule has 0 aliphatic heterocycles. The quantitative estimate of drug-likeness (QED) is 0.0838. The molecule has 100 heavy (non-hydrogen) atoms. The third-order valence-electron chi connectivity index (χ3n) is 27.6. The van der Waals surface area contributed by atoms with E-state index in [0.29, 0.717) is 103 Å². The highest BCUT2D eigenvalue weighted by molar-refractivity contribution is 7.81. The van der Waals surface area contributed by atoms with Crippen LogP contribution in [0.2, 0.25) is 0 Å². The zero-order valence-corrected chi connectivity index (χ0v) is 60.9. The van der Waals surface area contributed by atoms with Gasteiger partial charge in [0.05, 0.1) is 0 Å². The van der Waals surface area contributed by atoms with Crippen molar-refractivity contribution in [1.82, 2.24) is 0 Å². The minimum absolute atomic E-state index is 0.00469. The third kappa shape index (κ3) is 12.7. The number of ketones is 5. The molecule has 0 radical (unpaired) electrons. The molecular weight excluding hydrogens is 1340 g/mol. The van der Waals surface area contributed by atoms with E-state index in [2.05, 4.69) is 66.2 Å². The number of esters is 1. The van der Waals surface area contributed by atoms with Gasteiger partial charge < -0.3 is 17.3 Å². The summed E-state index contributed by atoms with van der Waals surface area (Å²) < 4.78 is 111. The molecule has 16 rings (SSSR count). The van der Waals surface area contributed by atoms with E-state index in [4.69, 9.17) is 18.4 Å². The Bertz CT molecular complexity index is 4510. The Labute approximate surface area is 587 Å². The van der Waals surface area contributed by atoms with E-state index in [1.807, 2.05) is 30.3 Å². The van der Waals surface area contributed by atoms with E-state index < -0.39 is 36.8 Å². The lowest BCUT2D eigenvalue weighted by molar-refractivity contribution is -0.187. The van der Waals surface area contributed by atoms with Crippen molar-refractivity contribution in [3.05, 3.63) is 123 Å². The van der Waals surface area contributed by atoms with E-state index in [-0.39, 0.29) is 67.8 Å². The standard InChI is InChI=1S/C24H34O4.C18H22O5S.C18H20O5S.C18H18O5S/c1-14-12-18-19(22(4)9-6-17(27)13-21(14)22)7-10-23(5)20(18)8-11-24(23,15(2)25)28-16(3)26;3*1-18-9-8-14-13-5-3-12(23-24(20,21)22)10-11(13)2-4-15(14)16(18)6-7-17(18)19/h13-14,18-20H,6-12H2,1-5H3;3,5,10,14-16H,2,4,6-9H2,1H3,(H,20,21,22);3-5,10,14,16H,2,6-9H2,1H3,(H,20,21,22);2-5,10,16H,6-9H2,1H3,(H,20,21,22)/t14-,18+,19-,20-,22+,23-,24-;14-,15-,16+,18+;14-,16+,18+;16-,18-/m0110/s1. The molecule has 3 N–H and O–H groups in total. The zero-order chi connectivity index (χ0) is 71.8. The summed E-state index contributed by atoms with van der Waals surface area (Å²) in [4.78, 5) is 73.7. The van der Waals surface area contributed by atoms with Crippen LogP contribution in [0.15, 0.2) is 90.0 Å². The smallest absolute Gasteiger partial charge is 0.446 e. The van der Waals surface area contributed by atoms with E-state index in [0.717, 1.165) is 131 Å². The van der Waals surface area contributed by atoms with Crippen molar-refractivity contribution in [2.24, 2.45) is 68.5 Å². The first-order valence-corrected chi connectivity index (χ1v) is 40.1. The number of hydrogen-bond acceptors (Lipinski definition) is 16. The molecule has 19 nitrogen and oxygen atoms in total. The molecule has 16 atom stereocenters. The lowest BCUT2D eigenvalue weighted by atomic mass is 9.44. The van der Waals surface area contributed by atoms with E-state index >= 15 is 0 Å². The van der Waals surface area contributed by atoms with Crippen molar-refractivity contribution < 1.29 is 85.0 Å². The Kier molecular flexibility index (Phi) is 18.5. The maximum absolute atomic E-state index is 12.8. The van der Waals surface area contributed by atoms with Gasteiger partial charge >= 0.3 is 37.2 Å². The van der Waals surface area contributed by atoms with Crippen molar-refractivity contribution >= 4 is 76.9 Å². The van der Waals surface area contributed by atoms with Crippen LogP contribution in [0.3, 0.4) is 0 Å². The van der Waals surface area contributed by atoms with Gasteiger partial charge in [-0.3, -0.25) is 42.4 Å². The average Bonchev–Trinajstić information content (AvgIpc) is 1.40. The van der Waals surface area contributed by atoms with Gasteiger partial charge in [0.15, 0.2) is 17.2 Å². The first kappa shape index (κ1) is 71.9. The van der Waals surface area contributed by atoms with Crippen molar-refractivity contribution in [3.8, 4) is 17.2 Å². The fourth-order valence-electron chi connectivity index (χ4n) is 22.9. The molecule has 12 aliphatic carbocycles. The summed E-state index contributed by atoms with van der Waals surface area (Å²) in [5, 5.41) is 1.92. The van der Waals surface area contributed by atoms with E-state index in [1.165, 1.54) is 40.3 Å². The fraction of sp³-hybridized carbons (Fsp3) is 0.590. The Morgan fingerprint density at radius 1 is 0.510 bits per heavy atom. The Balaban J connectivity index is 0.000000120. The second-order valence-corrected chi connectivity index (χ2v) is 35.5. The summed E-state index contributed by atoms with van der Waals surface area (Å²) in [6.45, 7) is 16.2. The van der Waals surface area contributed by atoms with Crippen LogP contribution in [-0.4, -0.2) is 79.4 Å². The van der Waals surface area contributed by atoms with Crippen molar-refractivity contribution in [2.45, 2.75) is 220 Å². The van der Waals surface area contributed by atoms with Crippen molar-refractivity contribution in [3.63, 3.8) is 0 Å². The summed E-state index contributed by atoms with van der Waals surface area (Å²) in [6.07, 6.45) is 23.4. The predicted octanol–water partition coefficient (Wildman–Crippen LogP) is 14.6. The van der Waals surface area contributed by atoms with Crippen LogP contribution < -0.4 is 12.5 Å². The number of ether oxygens (including phenoxy) is 1. The molecule has 12 aliphatic rings. The number of carbonyl (C=O) groups excluding carboxylic acids is 6. The second kappa shape index (κ2) is 25.8. The first-order chi connectivity index (χ1) is 46.9. The van der Waals surface area contributed by atoms with Crippen LogP contribution in [0.5, 0.6) is 17.2 Å². The number of benzene rings is 4. The van der Waals surface area contributed by atoms with E-state index in [1.54, 1.807) is 43.3 Å². The number of hydrogen-bond donors (Lipinski definition) is 3.